The molecule has 1 aliphatic rings. The Hall–Kier alpha value is -0.570. The maximum atomic E-state index is 10.9. The van der Waals surface area contributed by atoms with Gasteiger partial charge >= 0.3 is 5.97 Å². The molecule has 0 N–H and O–H groups in total. The number of hydrogen-bond acceptors (Lipinski definition) is 3. The lowest BCUT2D eigenvalue weighted by atomic mass is 9.90. The summed E-state index contributed by atoms with van der Waals surface area (Å²) in [6.45, 7) is 6.31. The molecule has 0 spiro atoms. The Bertz CT molecular complexity index is 201. The Morgan fingerprint density at radius 2 is 2.36 bits per heavy atom. The van der Waals surface area contributed by atoms with Crippen molar-refractivity contribution in [3.63, 3.8) is 0 Å². The predicted molar refractivity (Wildman–Crippen MR) is 54.1 cm³/mol. The van der Waals surface area contributed by atoms with Crippen LogP contribution in [-0.2, 0) is 14.3 Å². The van der Waals surface area contributed by atoms with E-state index in [9.17, 15) is 4.79 Å². The Kier molecular flexibility index (Phi) is 3.93. The highest BCUT2D eigenvalue weighted by atomic mass is 16.6. The third-order valence-corrected chi connectivity index (χ3v) is 2.64. The van der Waals surface area contributed by atoms with Crippen molar-refractivity contribution in [1.82, 2.24) is 0 Å². The molecule has 0 bridgehead atoms. The highest BCUT2D eigenvalue weighted by Gasteiger charge is 2.35. The molecule has 14 heavy (non-hydrogen) atoms. The average Bonchev–Trinajstić information content (AvgIpc) is 2.01. The van der Waals surface area contributed by atoms with Crippen LogP contribution < -0.4 is 0 Å². The van der Waals surface area contributed by atoms with Crippen LogP contribution in [0.1, 0.15) is 46.5 Å². The molecule has 0 aliphatic carbocycles. The van der Waals surface area contributed by atoms with Crippen molar-refractivity contribution in [3.05, 3.63) is 0 Å². The first kappa shape index (κ1) is 11.5. The zero-order valence-electron chi connectivity index (χ0n) is 9.34. The zero-order valence-corrected chi connectivity index (χ0v) is 9.34. The molecule has 0 aromatic heterocycles. The van der Waals surface area contributed by atoms with Gasteiger partial charge in [0.15, 0.2) is 0 Å². The summed E-state index contributed by atoms with van der Waals surface area (Å²) < 4.78 is 10.9. The second-order valence-electron chi connectivity index (χ2n) is 4.28. The van der Waals surface area contributed by atoms with Gasteiger partial charge in [-0.1, -0.05) is 13.3 Å². The maximum Gasteiger partial charge on any atom is 0.303 e. The number of hydrogen-bond donors (Lipinski definition) is 0. The van der Waals surface area contributed by atoms with Crippen molar-refractivity contribution in [1.29, 1.82) is 0 Å². The van der Waals surface area contributed by atoms with Crippen molar-refractivity contribution < 1.29 is 14.3 Å². The zero-order chi connectivity index (χ0) is 10.6. The number of rotatable bonds is 3. The standard InChI is InChI=1S/C11H20O3/c1-4-5-10-8-11(3,6-7-13-10)14-9(2)12/h10H,4-8H2,1-3H3/t10-,11+/m0/s1. The molecule has 0 radical (unpaired) electrons. The summed E-state index contributed by atoms with van der Waals surface area (Å²) in [5.41, 5.74) is -0.302. The number of ether oxygens (including phenoxy) is 2. The molecule has 1 rings (SSSR count). The van der Waals surface area contributed by atoms with Gasteiger partial charge in [0.25, 0.3) is 0 Å². The highest BCUT2D eigenvalue weighted by molar-refractivity contribution is 5.66. The summed E-state index contributed by atoms with van der Waals surface area (Å²) in [6, 6.07) is 0. The van der Waals surface area contributed by atoms with Crippen molar-refractivity contribution in [2.45, 2.75) is 58.2 Å². The average molecular weight is 200 g/mol. The largest absolute Gasteiger partial charge is 0.459 e. The van der Waals surface area contributed by atoms with E-state index in [1.807, 2.05) is 6.92 Å². The fourth-order valence-electron chi connectivity index (χ4n) is 2.03. The van der Waals surface area contributed by atoms with Gasteiger partial charge in [-0.05, 0) is 13.3 Å². The molecule has 0 amide bonds. The van der Waals surface area contributed by atoms with E-state index in [1.165, 1.54) is 6.92 Å². The molecule has 3 nitrogen and oxygen atoms in total. The molecule has 0 saturated carbocycles. The fraction of sp³-hybridized carbons (Fsp3) is 0.909. The summed E-state index contributed by atoms with van der Waals surface area (Å²) >= 11 is 0. The minimum atomic E-state index is -0.302. The highest BCUT2D eigenvalue weighted by Crippen LogP contribution is 2.30. The SMILES string of the molecule is CCC[C@H]1C[C@](C)(OC(C)=O)CCO1. The van der Waals surface area contributed by atoms with Gasteiger partial charge in [-0.25, -0.2) is 0 Å². The van der Waals surface area contributed by atoms with Gasteiger partial charge in [-0.2, -0.15) is 0 Å². The lowest BCUT2D eigenvalue weighted by Crippen LogP contribution is -2.41. The summed E-state index contributed by atoms with van der Waals surface area (Å²) in [5, 5.41) is 0. The van der Waals surface area contributed by atoms with Crippen LogP contribution >= 0.6 is 0 Å². The molecule has 0 aromatic rings. The van der Waals surface area contributed by atoms with Crippen molar-refractivity contribution in [3.8, 4) is 0 Å². The van der Waals surface area contributed by atoms with Gasteiger partial charge in [0, 0.05) is 19.8 Å². The first-order valence-corrected chi connectivity index (χ1v) is 5.37. The Balaban J connectivity index is 2.48. The molecule has 1 fully saturated rings. The minimum absolute atomic E-state index is 0.190. The van der Waals surface area contributed by atoms with Crippen LogP contribution in [0.3, 0.4) is 0 Å². The normalized spacial score (nSPS) is 32.6. The third kappa shape index (κ3) is 3.29. The maximum absolute atomic E-state index is 10.9. The lowest BCUT2D eigenvalue weighted by molar-refractivity contribution is -0.170. The molecule has 1 saturated heterocycles. The van der Waals surface area contributed by atoms with Crippen LogP contribution in [0.5, 0.6) is 0 Å². The molecule has 3 heteroatoms. The second kappa shape index (κ2) is 4.78. The third-order valence-electron chi connectivity index (χ3n) is 2.64. The second-order valence-corrected chi connectivity index (χ2v) is 4.28. The van der Waals surface area contributed by atoms with Gasteiger partial charge in [0.05, 0.1) is 12.7 Å². The smallest absolute Gasteiger partial charge is 0.303 e. The van der Waals surface area contributed by atoms with Crippen LogP contribution in [0.4, 0.5) is 0 Å². The van der Waals surface area contributed by atoms with Crippen LogP contribution in [0.25, 0.3) is 0 Å². The molecule has 0 aromatic carbocycles. The molecule has 0 unspecified atom stereocenters. The van der Waals surface area contributed by atoms with E-state index in [0.29, 0.717) is 6.61 Å². The van der Waals surface area contributed by atoms with Gasteiger partial charge in [0.1, 0.15) is 5.60 Å². The number of carbonyl (C=O) groups excluding carboxylic acids is 1. The molecular weight excluding hydrogens is 180 g/mol. The summed E-state index contributed by atoms with van der Waals surface area (Å²) in [5.74, 6) is -0.190. The quantitative estimate of drug-likeness (QED) is 0.656. The van der Waals surface area contributed by atoms with Crippen molar-refractivity contribution in [2.24, 2.45) is 0 Å². The Labute approximate surface area is 85.8 Å². The minimum Gasteiger partial charge on any atom is -0.459 e. The van der Waals surface area contributed by atoms with Gasteiger partial charge in [0.2, 0.25) is 0 Å². The van der Waals surface area contributed by atoms with E-state index >= 15 is 0 Å². The van der Waals surface area contributed by atoms with E-state index in [1.54, 1.807) is 0 Å². The Morgan fingerprint density at radius 1 is 1.64 bits per heavy atom. The first-order chi connectivity index (χ1) is 6.56. The van der Waals surface area contributed by atoms with Crippen LogP contribution in [0, 0.1) is 0 Å². The van der Waals surface area contributed by atoms with Crippen LogP contribution in [0.2, 0.25) is 0 Å². The molecule has 1 aliphatic heterocycles. The molecular formula is C11H20O3. The van der Waals surface area contributed by atoms with Crippen molar-refractivity contribution in [2.75, 3.05) is 6.61 Å². The predicted octanol–water partition coefficient (Wildman–Crippen LogP) is 2.29. The fourth-order valence-corrected chi connectivity index (χ4v) is 2.03. The molecule has 82 valence electrons. The van der Waals surface area contributed by atoms with Crippen LogP contribution in [-0.4, -0.2) is 24.3 Å². The summed E-state index contributed by atoms with van der Waals surface area (Å²) in [7, 11) is 0. The van der Waals surface area contributed by atoms with E-state index in [0.717, 1.165) is 25.7 Å². The monoisotopic (exact) mass is 200 g/mol. The summed E-state index contributed by atoms with van der Waals surface area (Å²) in [4.78, 5) is 10.9. The van der Waals surface area contributed by atoms with E-state index in [-0.39, 0.29) is 17.7 Å². The van der Waals surface area contributed by atoms with Gasteiger partial charge in [-0.15, -0.1) is 0 Å². The van der Waals surface area contributed by atoms with Gasteiger partial charge in [-0.3, -0.25) is 4.79 Å². The van der Waals surface area contributed by atoms with E-state index in [4.69, 9.17) is 9.47 Å². The first-order valence-electron chi connectivity index (χ1n) is 5.37. The number of carbonyl (C=O) groups is 1. The Morgan fingerprint density at radius 3 is 2.93 bits per heavy atom. The number of esters is 1. The van der Waals surface area contributed by atoms with Gasteiger partial charge < -0.3 is 9.47 Å². The topological polar surface area (TPSA) is 35.5 Å². The van der Waals surface area contributed by atoms with E-state index < -0.39 is 0 Å². The lowest BCUT2D eigenvalue weighted by Gasteiger charge is -2.37. The van der Waals surface area contributed by atoms with Crippen LogP contribution in [0.15, 0.2) is 0 Å². The molecule has 1 heterocycles. The molecule has 2 atom stereocenters. The van der Waals surface area contributed by atoms with Crippen molar-refractivity contribution >= 4 is 5.97 Å². The van der Waals surface area contributed by atoms with E-state index in [2.05, 4.69) is 6.92 Å². The summed E-state index contributed by atoms with van der Waals surface area (Å²) in [6.07, 6.45) is 4.07.